The highest BCUT2D eigenvalue weighted by Gasteiger charge is 2.18. The molecule has 0 unspecified atom stereocenters. The molecule has 1 aromatic carbocycles. The molecule has 1 N–H and O–H groups in total. The van der Waals surface area contributed by atoms with E-state index in [1.54, 1.807) is 6.07 Å². The molecule has 3 rings (SSSR count). The smallest absolute Gasteiger partial charge is 0.198 e. The Balaban J connectivity index is 2.48. The van der Waals surface area contributed by atoms with Gasteiger partial charge in [-0.15, -0.1) is 0 Å². The van der Waals surface area contributed by atoms with Crippen molar-refractivity contribution in [1.29, 1.82) is 0 Å². The topological polar surface area (TPSA) is 42.1 Å². The van der Waals surface area contributed by atoms with Crippen molar-refractivity contribution in [1.82, 2.24) is 4.98 Å². The number of pyridine rings is 1. The highest BCUT2D eigenvalue weighted by molar-refractivity contribution is 5.83. The third-order valence-electron chi connectivity index (χ3n) is 3.25. The van der Waals surface area contributed by atoms with E-state index in [1.807, 2.05) is 6.92 Å². The lowest BCUT2D eigenvalue weighted by atomic mass is 10.0. The van der Waals surface area contributed by atoms with Gasteiger partial charge in [0.2, 0.25) is 0 Å². The van der Waals surface area contributed by atoms with E-state index in [2.05, 4.69) is 4.98 Å². The minimum atomic E-state index is -0.472. The fraction of sp³-hybridized carbons (Fsp3) is 0.308. The number of ether oxygens (including phenoxy) is 1. The molecular weight excluding hydrogens is 221 g/mol. The summed E-state index contributed by atoms with van der Waals surface area (Å²) >= 11 is 0. The van der Waals surface area contributed by atoms with Gasteiger partial charge in [-0.3, -0.25) is 4.79 Å². The molecule has 1 aliphatic heterocycles. The lowest BCUT2D eigenvalue weighted by molar-refractivity contribution is 0.108. The fourth-order valence-corrected chi connectivity index (χ4v) is 2.29. The maximum Gasteiger partial charge on any atom is 0.198 e. The van der Waals surface area contributed by atoms with Crippen molar-refractivity contribution >= 4 is 10.9 Å². The minimum Gasteiger partial charge on any atom is -0.376 e. The zero-order valence-electron chi connectivity index (χ0n) is 9.47. The number of hydrogen-bond donors (Lipinski definition) is 1. The molecule has 0 amide bonds. The number of aryl methyl sites for hydroxylation is 1. The molecule has 0 saturated heterocycles. The largest absolute Gasteiger partial charge is 0.376 e. The van der Waals surface area contributed by atoms with Gasteiger partial charge in [0.1, 0.15) is 5.82 Å². The molecule has 2 aromatic rings. The van der Waals surface area contributed by atoms with Crippen LogP contribution in [0.2, 0.25) is 0 Å². The maximum atomic E-state index is 13.7. The van der Waals surface area contributed by atoms with Gasteiger partial charge in [-0.05, 0) is 18.6 Å². The van der Waals surface area contributed by atoms with E-state index < -0.39 is 5.82 Å². The number of rotatable bonds is 0. The lowest BCUT2D eigenvalue weighted by Crippen LogP contribution is -2.22. The normalized spacial score (nSPS) is 14.9. The van der Waals surface area contributed by atoms with Crippen molar-refractivity contribution < 1.29 is 9.13 Å². The van der Waals surface area contributed by atoms with Gasteiger partial charge >= 0.3 is 0 Å². The number of benzene rings is 1. The van der Waals surface area contributed by atoms with E-state index in [9.17, 15) is 9.18 Å². The van der Waals surface area contributed by atoms with E-state index in [0.29, 0.717) is 24.1 Å². The van der Waals surface area contributed by atoms with Crippen molar-refractivity contribution in [3.05, 3.63) is 45.0 Å². The number of H-pyrrole nitrogens is 1. The number of aromatic nitrogens is 1. The summed E-state index contributed by atoms with van der Waals surface area (Å²) in [5.41, 5.74) is 2.69. The Bertz CT molecular complexity index is 660. The Morgan fingerprint density at radius 3 is 3.06 bits per heavy atom. The second-order valence-corrected chi connectivity index (χ2v) is 4.33. The zero-order valence-corrected chi connectivity index (χ0v) is 9.47. The minimum absolute atomic E-state index is 0.147. The summed E-state index contributed by atoms with van der Waals surface area (Å²) in [6.07, 6.45) is 0.677. The highest BCUT2D eigenvalue weighted by Crippen LogP contribution is 2.21. The predicted octanol–water partition coefficient (Wildman–Crippen LogP) is 2.05. The maximum absolute atomic E-state index is 13.7. The molecule has 0 fully saturated rings. The van der Waals surface area contributed by atoms with Crippen LogP contribution >= 0.6 is 0 Å². The van der Waals surface area contributed by atoms with Gasteiger partial charge < -0.3 is 9.72 Å². The van der Waals surface area contributed by atoms with Crippen LogP contribution in [0.4, 0.5) is 4.39 Å². The summed E-state index contributed by atoms with van der Waals surface area (Å²) in [5, 5.41) is 0.147. The van der Waals surface area contributed by atoms with E-state index in [0.717, 1.165) is 11.3 Å². The van der Waals surface area contributed by atoms with Gasteiger partial charge in [0, 0.05) is 17.7 Å². The molecule has 0 spiro atoms. The Morgan fingerprint density at radius 2 is 2.24 bits per heavy atom. The molecule has 88 valence electrons. The Hall–Kier alpha value is -1.68. The molecule has 0 saturated carbocycles. The Kier molecular flexibility index (Phi) is 2.26. The van der Waals surface area contributed by atoms with Gasteiger partial charge in [-0.2, -0.15) is 0 Å². The van der Waals surface area contributed by atoms with Crippen LogP contribution in [-0.4, -0.2) is 11.6 Å². The van der Waals surface area contributed by atoms with Crippen molar-refractivity contribution in [3.8, 4) is 0 Å². The van der Waals surface area contributed by atoms with Crippen LogP contribution in [-0.2, 0) is 17.8 Å². The first-order valence-corrected chi connectivity index (χ1v) is 5.59. The first-order chi connectivity index (χ1) is 8.18. The summed E-state index contributed by atoms with van der Waals surface area (Å²) in [4.78, 5) is 15.4. The molecule has 17 heavy (non-hydrogen) atoms. The van der Waals surface area contributed by atoms with Gasteiger partial charge in [0.05, 0.1) is 24.1 Å². The third-order valence-corrected chi connectivity index (χ3v) is 3.25. The molecular formula is C13H12FNO2. The van der Waals surface area contributed by atoms with Crippen LogP contribution in [0.3, 0.4) is 0 Å². The Morgan fingerprint density at radius 1 is 1.41 bits per heavy atom. The van der Waals surface area contributed by atoms with E-state index in [4.69, 9.17) is 4.74 Å². The first-order valence-electron chi connectivity index (χ1n) is 5.59. The SMILES string of the molecule is Cc1ccc(F)c2c(=O)c3c([nH]c12)CCOC3. The van der Waals surface area contributed by atoms with Gasteiger partial charge in [0.15, 0.2) is 5.43 Å². The predicted molar refractivity (Wildman–Crippen MR) is 62.6 cm³/mol. The van der Waals surface area contributed by atoms with Gasteiger partial charge in [0.25, 0.3) is 0 Å². The molecule has 0 aliphatic carbocycles. The monoisotopic (exact) mass is 233 g/mol. The van der Waals surface area contributed by atoms with Crippen LogP contribution in [0.15, 0.2) is 16.9 Å². The highest BCUT2D eigenvalue weighted by atomic mass is 19.1. The van der Waals surface area contributed by atoms with E-state index >= 15 is 0 Å². The molecule has 3 nitrogen and oxygen atoms in total. The third kappa shape index (κ3) is 1.48. The molecule has 0 atom stereocenters. The molecule has 2 heterocycles. The number of aromatic amines is 1. The molecule has 1 aliphatic rings. The van der Waals surface area contributed by atoms with Crippen molar-refractivity contribution in [2.45, 2.75) is 20.0 Å². The van der Waals surface area contributed by atoms with Crippen LogP contribution in [0.1, 0.15) is 16.8 Å². The molecule has 1 aromatic heterocycles. The standard InChI is InChI=1S/C13H12FNO2/c1-7-2-3-9(14)11-12(7)15-10-4-5-17-6-8(10)13(11)16/h2-3H,4-6H2,1H3,(H,15,16). The number of nitrogens with one attached hydrogen (secondary N) is 1. The Labute approximate surface area is 97.2 Å². The summed E-state index contributed by atoms with van der Waals surface area (Å²) in [6.45, 7) is 2.74. The summed E-state index contributed by atoms with van der Waals surface area (Å²) in [7, 11) is 0. The number of hydrogen-bond acceptors (Lipinski definition) is 2. The van der Waals surface area contributed by atoms with Crippen molar-refractivity contribution in [3.63, 3.8) is 0 Å². The first kappa shape index (κ1) is 10.5. The molecule has 0 radical (unpaired) electrons. The van der Waals surface area contributed by atoms with E-state index in [-0.39, 0.29) is 17.4 Å². The zero-order chi connectivity index (χ0) is 12.0. The quantitative estimate of drug-likeness (QED) is 0.756. The van der Waals surface area contributed by atoms with Crippen LogP contribution in [0.25, 0.3) is 10.9 Å². The van der Waals surface area contributed by atoms with Crippen LogP contribution in [0, 0.1) is 12.7 Å². The van der Waals surface area contributed by atoms with Gasteiger partial charge in [-0.25, -0.2) is 4.39 Å². The average Bonchev–Trinajstić information content (AvgIpc) is 2.34. The average molecular weight is 233 g/mol. The molecule has 0 bridgehead atoms. The van der Waals surface area contributed by atoms with Crippen LogP contribution < -0.4 is 5.43 Å². The summed E-state index contributed by atoms with van der Waals surface area (Å²) in [5.74, 6) is -0.472. The lowest BCUT2D eigenvalue weighted by Gasteiger charge is -2.17. The van der Waals surface area contributed by atoms with Gasteiger partial charge in [-0.1, -0.05) is 6.07 Å². The second kappa shape index (κ2) is 3.67. The fourth-order valence-electron chi connectivity index (χ4n) is 2.29. The number of halogens is 1. The molecule has 4 heteroatoms. The number of fused-ring (bicyclic) bond motifs is 2. The second-order valence-electron chi connectivity index (χ2n) is 4.33. The van der Waals surface area contributed by atoms with E-state index in [1.165, 1.54) is 6.07 Å². The van der Waals surface area contributed by atoms with Crippen LogP contribution in [0.5, 0.6) is 0 Å². The summed E-state index contributed by atoms with van der Waals surface area (Å²) in [6, 6.07) is 3.02. The van der Waals surface area contributed by atoms with Crippen molar-refractivity contribution in [2.75, 3.05) is 6.61 Å². The summed E-state index contributed by atoms with van der Waals surface area (Å²) < 4.78 is 19.0. The van der Waals surface area contributed by atoms with Crippen molar-refractivity contribution in [2.24, 2.45) is 0 Å².